The van der Waals surface area contributed by atoms with E-state index in [4.69, 9.17) is 0 Å². The number of aryl methyl sites for hydroxylation is 2. The predicted octanol–water partition coefficient (Wildman–Crippen LogP) is 4.81. The molecule has 0 aliphatic heterocycles. The van der Waals surface area contributed by atoms with E-state index in [1.54, 1.807) is 7.05 Å². The third-order valence-electron chi connectivity index (χ3n) is 3.93. The number of nitrogens with zero attached hydrogens (tertiary/aromatic N) is 1. The lowest BCUT2D eigenvalue weighted by molar-refractivity contribution is -0.116. The molecule has 0 saturated carbocycles. The van der Waals surface area contributed by atoms with Gasteiger partial charge in [-0.25, -0.2) is 4.79 Å². The first kappa shape index (κ1) is 20.0. The summed E-state index contributed by atoms with van der Waals surface area (Å²) in [5.74, 6) is -0.244. The zero-order chi connectivity index (χ0) is 19.1. The monoisotopic (exact) mass is 417 g/mol. The predicted molar refractivity (Wildman–Crippen MR) is 110 cm³/mol. The highest BCUT2D eigenvalue weighted by molar-refractivity contribution is 9.10. The Kier molecular flexibility index (Phi) is 7.21. The van der Waals surface area contributed by atoms with Crippen molar-refractivity contribution in [2.75, 3.05) is 24.2 Å². The summed E-state index contributed by atoms with van der Waals surface area (Å²) in [6, 6.07) is 13.1. The second-order valence-electron chi connectivity index (χ2n) is 6.24. The summed E-state index contributed by atoms with van der Waals surface area (Å²) in [5, 5.41) is 5.63. The summed E-state index contributed by atoms with van der Waals surface area (Å²) in [5.41, 5.74) is 3.64. The third-order valence-corrected chi connectivity index (χ3v) is 4.43. The molecule has 0 bridgehead atoms. The minimum Gasteiger partial charge on any atom is -0.324 e. The zero-order valence-electron chi connectivity index (χ0n) is 15.3. The van der Waals surface area contributed by atoms with E-state index in [-0.39, 0.29) is 18.5 Å². The minimum absolute atomic E-state index is 0.0325. The number of anilines is 2. The molecule has 0 aliphatic rings. The number of carbonyl (C=O) groups is 2. The summed E-state index contributed by atoms with van der Waals surface area (Å²) in [4.78, 5) is 25.8. The molecule has 2 aromatic rings. The summed E-state index contributed by atoms with van der Waals surface area (Å²) in [7, 11) is 1.59. The molecule has 0 heterocycles. The average Bonchev–Trinajstić information content (AvgIpc) is 2.59. The molecular formula is C20H24BrN3O2. The van der Waals surface area contributed by atoms with Crippen molar-refractivity contribution < 1.29 is 9.59 Å². The topological polar surface area (TPSA) is 61.4 Å². The van der Waals surface area contributed by atoms with E-state index in [1.165, 1.54) is 10.5 Å². The number of urea groups is 1. The SMILES string of the molecule is CCCc1ccc(NC(=O)N(C)CC(=O)Nc2ccc(Br)cc2C)cc1. The maximum Gasteiger partial charge on any atom is 0.322 e. The van der Waals surface area contributed by atoms with Crippen molar-refractivity contribution in [1.82, 2.24) is 4.90 Å². The van der Waals surface area contributed by atoms with Crippen LogP contribution in [0, 0.1) is 6.92 Å². The first-order valence-electron chi connectivity index (χ1n) is 8.56. The second kappa shape index (κ2) is 9.38. The molecule has 0 fully saturated rings. The van der Waals surface area contributed by atoms with Crippen LogP contribution in [-0.2, 0) is 11.2 Å². The molecule has 0 saturated heterocycles. The molecule has 0 aromatic heterocycles. The van der Waals surface area contributed by atoms with E-state index in [0.29, 0.717) is 5.69 Å². The number of amides is 3. The van der Waals surface area contributed by atoms with Crippen molar-refractivity contribution in [3.8, 4) is 0 Å². The van der Waals surface area contributed by atoms with Gasteiger partial charge in [-0.05, 0) is 54.8 Å². The van der Waals surface area contributed by atoms with E-state index in [1.807, 2.05) is 49.4 Å². The molecule has 2 rings (SSSR count). The Morgan fingerprint density at radius 1 is 1.08 bits per heavy atom. The third kappa shape index (κ3) is 5.88. The molecule has 0 spiro atoms. The normalized spacial score (nSPS) is 10.3. The fraction of sp³-hybridized carbons (Fsp3) is 0.300. The second-order valence-corrected chi connectivity index (χ2v) is 7.16. The first-order chi connectivity index (χ1) is 12.4. The van der Waals surface area contributed by atoms with Crippen molar-refractivity contribution in [1.29, 1.82) is 0 Å². The number of likely N-dealkylation sites (N-methyl/N-ethyl adjacent to an activating group) is 1. The molecule has 3 amide bonds. The Labute approximate surface area is 162 Å². The first-order valence-corrected chi connectivity index (χ1v) is 9.35. The lowest BCUT2D eigenvalue weighted by atomic mass is 10.1. The number of nitrogens with one attached hydrogen (secondary N) is 2. The number of benzene rings is 2. The van der Waals surface area contributed by atoms with Crippen molar-refractivity contribution in [3.05, 3.63) is 58.1 Å². The van der Waals surface area contributed by atoms with Crippen LogP contribution in [0.2, 0.25) is 0 Å². The lowest BCUT2D eigenvalue weighted by Crippen LogP contribution is -2.37. The quantitative estimate of drug-likeness (QED) is 0.707. The highest BCUT2D eigenvalue weighted by Crippen LogP contribution is 2.20. The van der Waals surface area contributed by atoms with Crippen LogP contribution in [0.3, 0.4) is 0 Å². The highest BCUT2D eigenvalue weighted by atomic mass is 79.9. The van der Waals surface area contributed by atoms with Crippen LogP contribution in [0.25, 0.3) is 0 Å². The van der Waals surface area contributed by atoms with Gasteiger partial charge >= 0.3 is 6.03 Å². The highest BCUT2D eigenvalue weighted by Gasteiger charge is 2.14. The lowest BCUT2D eigenvalue weighted by Gasteiger charge is -2.18. The van der Waals surface area contributed by atoms with Crippen LogP contribution >= 0.6 is 15.9 Å². The van der Waals surface area contributed by atoms with E-state index in [0.717, 1.165) is 28.6 Å². The number of rotatable bonds is 6. The maximum atomic E-state index is 12.3. The van der Waals surface area contributed by atoms with Crippen molar-refractivity contribution in [3.63, 3.8) is 0 Å². The molecule has 0 aliphatic carbocycles. The van der Waals surface area contributed by atoms with E-state index in [9.17, 15) is 9.59 Å². The van der Waals surface area contributed by atoms with Crippen LogP contribution in [0.15, 0.2) is 46.9 Å². The molecule has 0 atom stereocenters. The summed E-state index contributed by atoms with van der Waals surface area (Å²) in [6.07, 6.45) is 2.10. The van der Waals surface area contributed by atoms with Gasteiger partial charge in [0.25, 0.3) is 0 Å². The molecule has 5 nitrogen and oxygen atoms in total. The molecule has 138 valence electrons. The fourth-order valence-corrected chi connectivity index (χ4v) is 2.98. The van der Waals surface area contributed by atoms with Crippen molar-refractivity contribution in [2.45, 2.75) is 26.7 Å². The fourth-order valence-electron chi connectivity index (χ4n) is 2.51. The van der Waals surface area contributed by atoms with E-state index >= 15 is 0 Å². The number of halogens is 1. The van der Waals surface area contributed by atoms with E-state index < -0.39 is 0 Å². The Hall–Kier alpha value is -2.34. The van der Waals surface area contributed by atoms with Crippen molar-refractivity contribution >= 4 is 39.2 Å². The van der Waals surface area contributed by atoms with Crippen LogP contribution in [0.1, 0.15) is 24.5 Å². The van der Waals surface area contributed by atoms with Gasteiger partial charge in [-0.15, -0.1) is 0 Å². The summed E-state index contributed by atoms with van der Waals surface area (Å²) in [6.45, 7) is 4.01. The molecule has 2 aromatic carbocycles. The minimum atomic E-state index is -0.323. The molecule has 2 N–H and O–H groups in total. The van der Waals surface area contributed by atoms with Crippen LogP contribution in [0.4, 0.5) is 16.2 Å². The van der Waals surface area contributed by atoms with Gasteiger partial charge in [0.1, 0.15) is 6.54 Å². The van der Waals surface area contributed by atoms with E-state index in [2.05, 4.69) is 33.5 Å². The molecule has 26 heavy (non-hydrogen) atoms. The van der Waals surface area contributed by atoms with Crippen LogP contribution in [-0.4, -0.2) is 30.4 Å². The van der Waals surface area contributed by atoms with Gasteiger partial charge in [0.2, 0.25) is 5.91 Å². The largest absolute Gasteiger partial charge is 0.324 e. The van der Waals surface area contributed by atoms with Gasteiger partial charge in [0, 0.05) is 22.9 Å². The van der Waals surface area contributed by atoms with Gasteiger partial charge in [0.15, 0.2) is 0 Å². The Balaban J connectivity index is 1.88. The van der Waals surface area contributed by atoms with Gasteiger partial charge in [-0.1, -0.05) is 41.4 Å². The van der Waals surface area contributed by atoms with Crippen molar-refractivity contribution in [2.24, 2.45) is 0 Å². The molecular weight excluding hydrogens is 394 g/mol. The van der Waals surface area contributed by atoms with Gasteiger partial charge < -0.3 is 15.5 Å². The Morgan fingerprint density at radius 2 is 1.77 bits per heavy atom. The van der Waals surface area contributed by atoms with Gasteiger partial charge in [-0.2, -0.15) is 0 Å². The standard InChI is InChI=1S/C20H24BrN3O2/c1-4-5-15-6-9-17(10-7-15)22-20(26)24(3)13-19(25)23-18-11-8-16(21)12-14(18)2/h6-12H,4-5,13H2,1-3H3,(H,22,26)(H,23,25). The smallest absolute Gasteiger partial charge is 0.322 e. The molecule has 0 radical (unpaired) electrons. The Bertz CT molecular complexity index is 775. The molecule has 6 heteroatoms. The number of hydrogen-bond donors (Lipinski definition) is 2. The molecule has 0 unspecified atom stereocenters. The van der Waals surface area contributed by atoms with Crippen LogP contribution in [0.5, 0.6) is 0 Å². The van der Waals surface area contributed by atoms with Gasteiger partial charge in [0.05, 0.1) is 0 Å². The van der Waals surface area contributed by atoms with Gasteiger partial charge in [-0.3, -0.25) is 4.79 Å². The van der Waals surface area contributed by atoms with Crippen LogP contribution < -0.4 is 10.6 Å². The number of carbonyl (C=O) groups excluding carboxylic acids is 2. The zero-order valence-corrected chi connectivity index (χ0v) is 16.9. The maximum absolute atomic E-state index is 12.3. The number of hydrogen-bond acceptors (Lipinski definition) is 2. The Morgan fingerprint density at radius 3 is 2.38 bits per heavy atom. The summed E-state index contributed by atoms with van der Waals surface area (Å²) >= 11 is 3.39. The summed E-state index contributed by atoms with van der Waals surface area (Å²) < 4.78 is 0.953. The average molecular weight is 418 g/mol.